The van der Waals surface area contributed by atoms with Crippen molar-refractivity contribution in [3.05, 3.63) is 0 Å². The average Bonchev–Trinajstić information content (AvgIpc) is 2.30. The third kappa shape index (κ3) is 3.31. The van der Waals surface area contributed by atoms with Crippen molar-refractivity contribution < 1.29 is 9.84 Å². The summed E-state index contributed by atoms with van der Waals surface area (Å²) in [7, 11) is 0. The summed E-state index contributed by atoms with van der Waals surface area (Å²) in [5.74, 6) is 0. The van der Waals surface area contributed by atoms with E-state index in [0.717, 1.165) is 6.54 Å². The maximum absolute atomic E-state index is 9.43. The van der Waals surface area contributed by atoms with Gasteiger partial charge in [-0.2, -0.15) is 5.26 Å². The van der Waals surface area contributed by atoms with E-state index in [1.165, 1.54) is 0 Å². The van der Waals surface area contributed by atoms with Gasteiger partial charge in [-0.05, 0) is 6.92 Å². The monoisotopic (exact) mass is 184 g/mol. The zero-order chi connectivity index (χ0) is 9.68. The molecule has 74 valence electrons. The van der Waals surface area contributed by atoms with Gasteiger partial charge in [0, 0.05) is 19.1 Å². The van der Waals surface area contributed by atoms with Crippen molar-refractivity contribution in [3.63, 3.8) is 0 Å². The van der Waals surface area contributed by atoms with Gasteiger partial charge in [-0.3, -0.25) is 4.90 Å². The molecule has 1 N–H and O–H groups in total. The lowest BCUT2D eigenvalue weighted by molar-refractivity contribution is 0.0549. The van der Waals surface area contributed by atoms with Crippen molar-refractivity contribution in [3.8, 4) is 6.07 Å². The first-order valence-electron chi connectivity index (χ1n) is 4.61. The van der Waals surface area contributed by atoms with E-state index < -0.39 is 6.10 Å². The molecule has 0 amide bonds. The van der Waals surface area contributed by atoms with Gasteiger partial charge in [0.1, 0.15) is 0 Å². The molecule has 0 aromatic carbocycles. The summed E-state index contributed by atoms with van der Waals surface area (Å²) in [5, 5.41) is 18.0. The van der Waals surface area contributed by atoms with E-state index >= 15 is 0 Å². The lowest BCUT2D eigenvalue weighted by atomic mass is 10.2. The van der Waals surface area contributed by atoms with E-state index in [-0.39, 0.29) is 6.04 Å². The minimum atomic E-state index is -0.413. The molecule has 0 radical (unpaired) electrons. The lowest BCUT2D eigenvalue weighted by Crippen LogP contribution is -2.39. The third-order valence-electron chi connectivity index (χ3n) is 2.29. The number of hydrogen-bond donors (Lipinski definition) is 1. The Morgan fingerprint density at radius 2 is 2.54 bits per heavy atom. The minimum Gasteiger partial charge on any atom is -0.389 e. The van der Waals surface area contributed by atoms with Crippen LogP contribution < -0.4 is 0 Å². The number of nitriles is 1. The van der Waals surface area contributed by atoms with Crippen molar-refractivity contribution in [1.82, 2.24) is 4.90 Å². The molecule has 1 heterocycles. The highest BCUT2D eigenvalue weighted by Crippen LogP contribution is 2.07. The van der Waals surface area contributed by atoms with Crippen molar-refractivity contribution in [2.24, 2.45) is 0 Å². The van der Waals surface area contributed by atoms with E-state index in [1.807, 2.05) is 6.92 Å². The molecule has 1 aliphatic rings. The molecule has 4 heteroatoms. The van der Waals surface area contributed by atoms with Crippen LogP contribution in [0.4, 0.5) is 0 Å². The fourth-order valence-electron chi connectivity index (χ4n) is 1.48. The lowest BCUT2D eigenvalue weighted by Gasteiger charge is -2.26. The molecule has 0 aromatic rings. The van der Waals surface area contributed by atoms with Crippen molar-refractivity contribution in [2.45, 2.75) is 25.5 Å². The number of β-amino-alcohol motifs (C(OH)–C–C–N with tert-alkyl or cyclic N) is 1. The first-order chi connectivity index (χ1) is 6.24. The second-order valence-corrected chi connectivity index (χ2v) is 3.43. The zero-order valence-electron chi connectivity index (χ0n) is 7.94. The molecule has 4 nitrogen and oxygen atoms in total. The largest absolute Gasteiger partial charge is 0.389 e. The normalized spacial score (nSPS) is 27.6. The van der Waals surface area contributed by atoms with Crippen LogP contribution in [0.25, 0.3) is 0 Å². The van der Waals surface area contributed by atoms with Gasteiger partial charge in [0.05, 0.1) is 31.8 Å². The van der Waals surface area contributed by atoms with Gasteiger partial charge >= 0.3 is 0 Å². The van der Waals surface area contributed by atoms with Crippen LogP contribution in [0.1, 0.15) is 13.3 Å². The summed E-state index contributed by atoms with van der Waals surface area (Å²) >= 11 is 0. The Labute approximate surface area is 78.7 Å². The molecule has 1 fully saturated rings. The maximum atomic E-state index is 9.43. The van der Waals surface area contributed by atoms with E-state index in [2.05, 4.69) is 11.0 Å². The van der Waals surface area contributed by atoms with Gasteiger partial charge in [0.15, 0.2) is 0 Å². The maximum Gasteiger partial charge on any atom is 0.0900 e. The average molecular weight is 184 g/mol. The molecular weight excluding hydrogens is 168 g/mol. The smallest absolute Gasteiger partial charge is 0.0900 e. The zero-order valence-corrected chi connectivity index (χ0v) is 7.94. The van der Waals surface area contributed by atoms with Crippen LogP contribution in [-0.4, -0.2) is 48.5 Å². The molecule has 2 unspecified atom stereocenters. The quantitative estimate of drug-likeness (QED) is 0.655. The SMILES string of the molecule is CC(CC#N)N1CCOCC(O)C1. The topological polar surface area (TPSA) is 56.5 Å². The van der Waals surface area contributed by atoms with Crippen LogP contribution in [0.3, 0.4) is 0 Å². The van der Waals surface area contributed by atoms with Crippen LogP contribution in [0.2, 0.25) is 0 Å². The first-order valence-corrected chi connectivity index (χ1v) is 4.61. The first kappa shape index (κ1) is 10.5. The Balaban J connectivity index is 2.43. The Kier molecular flexibility index (Phi) is 4.16. The third-order valence-corrected chi connectivity index (χ3v) is 2.29. The second-order valence-electron chi connectivity index (χ2n) is 3.43. The van der Waals surface area contributed by atoms with E-state index in [4.69, 9.17) is 10.00 Å². The molecule has 13 heavy (non-hydrogen) atoms. The van der Waals surface area contributed by atoms with Crippen molar-refractivity contribution >= 4 is 0 Å². The Bertz CT molecular complexity index is 191. The Hall–Kier alpha value is -0.630. The molecular formula is C9H16N2O2. The van der Waals surface area contributed by atoms with E-state index in [9.17, 15) is 5.11 Å². The molecule has 0 aromatic heterocycles. The predicted molar refractivity (Wildman–Crippen MR) is 48.1 cm³/mol. The second kappa shape index (κ2) is 5.18. The summed E-state index contributed by atoms with van der Waals surface area (Å²) in [6, 6.07) is 2.35. The predicted octanol–water partition coefficient (Wildman–Crippen LogP) is -0.0183. The molecule has 0 saturated carbocycles. The van der Waals surface area contributed by atoms with E-state index in [1.54, 1.807) is 0 Å². The molecule has 0 bridgehead atoms. The van der Waals surface area contributed by atoms with Crippen molar-refractivity contribution in [1.29, 1.82) is 5.26 Å². The fourth-order valence-corrected chi connectivity index (χ4v) is 1.48. The summed E-state index contributed by atoms with van der Waals surface area (Å²) in [5.41, 5.74) is 0. The summed E-state index contributed by atoms with van der Waals surface area (Å²) in [6.07, 6.45) is 0.0934. The molecule has 2 atom stereocenters. The van der Waals surface area contributed by atoms with Gasteiger partial charge in [-0.1, -0.05) is 0 Å². The van der Waals surface area contributed by atoms with Crippen LogP contribution >= 0.6 is 0 Å². The summed E-state index contributed by atoms with van der Waals surface area (Å²) in [4.78, 5) is 2.10. The number of aliphatic hydroxyl groups is 1. The Morgan fingerprint density at radius 1 is 1.77 bits per heavy atom. The van der Waals surface area contributed by atoms with Crippen LogP contribution in [0, 0.1) is 11.3 Å². The molecule has 1 rings (SSSR count). The van der Waals surface area contributed by atoms with Gasteiger partial charge < -0.3 is 9.84 Å². The van der Waals surface area contributed by atoms with Gasteiger partial charge in [0.25, 0.3) is 0 Å². The molecule has 1 aliphatic heterocycles. The van der Waals surface area contributed by atoms with Gasteiger partial charge in [0.2, 0.25) is 0 Å². The van der Waals surface area contributed by atoms with Gasteiger partial charge in [-0.15, -0.1) is 0 Å². The van der Waals surface area contributed by atoms with Crippen LogP contribution in [0.15, 0.2) is 0 Å². The van der Waals surface area contributed by atoms with E-state index in [0.29, 0.717) is 26.2 Å². The highest BCUT2D eigenvalue weighted by molar-refractivity contribution is 4.81. The fraction of sp³-hybridized carbons (Fsp3) is 0.889. The molecule has 0 spiro atoms. The van der Waals surface area contributed by atoms with Crippen LogP contribution in [0.5, 0.6) is 0 Å². The highest BCUT2D eigenvalue weighted by atomic mass is 16.5. The Morgan fingerprint density at radius 3 is 3.23 bits per heavy atom. The number of aliphatic hydroxyl groups excluding tert-OH is 1. The standard InChI is InChI=1S/C9H16N2O2/c1-8(2-3-10)11-4-5-13-7-9(12)6-11/h8-9,12H,2,4-7H2,1H3. The summed E-state index contributed by atoms with van der Waals surface area (Å²) < 4.78 is 5.19. The van der Waals surface area contributed by atoms with Crippen molar-refractivity contribution in [2.75, 3.05) is 26.3 Å². The molecule has 0 aliphatic carbocycles. The number of rotatable bonds is 2. The van der Waals surface area contributed by atoms with Gasteiger partial charge in [-0.25, -0.2) is 0 Å². The highest BCUT2D eigenvalue weighted by Gasteiger charge is 2.20. The number of nitrogens with zero attached hydrogens (tertiary/aromatic N) is 2. The summed E-state index contributed by atoms with van der Waals surface area (Å²) in [6.45, 7) is 4.48. The number of ether oxygens (including phenoxy) is 1. The number of hydrogen-bond acceptors (Lipinski definition) is 4. The molecule has 1 saturated heterocycles. The van der Waals surface area contributed by atoms with Crippen LogP contribution in [-0.2, 0) is 4.74 Å². The minimum absolute atomic E-state index is 0.210.